The zero-order valence-corrected chi connectivity index (χ0v) is 11.8. The van der Waals surface area contributed by atoms with Gasteiger partial charge in [-0.2, -0.15) is 0 Å². The van der Waals surface area contributed by atoms with Crippen LogP contribution in [0.1, 0.15) is 6.42 Å². The second-order valence-corrected chi connectivity index (χ2v) is 6.91. The Labute approximate surface area is 118 Å². The molecule has 1 aliphatic rings. The summed E-state index contributed by atoms with van der Waals surface area (Å²) in [5.74, 6) is 0.0160. The van der Waals surface area contributed by atoms with Crippen molar-refractivity contribution in [2.24, 2.45) is 0 Å². The number of nitrogens with zero attached hydrogens (tertiary/aromatic N) is 1. The van der Waals surface area contributed by atoms with Crippen molar-refractivity contribution in [3.8, 4) is 0 Å². The summed E-state index contributed by atoms with van der Waals surface area (Å²) in [7, 11) is -3.30. The number of hydrogen-bond donors (Lipinski definition) is 2. The summed E-state index contributed by atoms with van der Waals surface area (Å²) >= 11 is 0. The molecule has 1 fully saturated rings. The van der Waals surface area contributed by atoms with Gasteiger partial charge in [0.25, 0.3) is 0 Å². The molecular weight excluding hydrogens is 280 g/mol. The number of amides is 1. The quantitative estimate of drug-likeness (QED) is 0.858. The van der Waals surface area contributed by atoms with E-state index in [0.717, 1.165) is 0 Å². The number of rotatable bonds is 4. The molecule has 110 valence electrons. The maximum Gasteiger partial charge on any atom is 0.407 e. The van der Waals surface area contributed by atoms with E-state index in [0.29, 0.717) is 31.0 Å². The molecule has 7 heteroatoms. The fourth-order valence-electron chi connectivity index (χ4n) is 2.24. The highest BCUT2D eigenvalue weighted by molar-refractivity contribution is 7.91. The minimum Gasteiger partial charge on any atom is -0.465 e. The molecule has 1 aromatic carbocycles. The molecule has 1 saturated heterocycles. The van der Waals surface area contributed by atoms with Gasteiger partial charge in [0.2, 0.25) is 0 Å². The fourth-order valence-corrected chi connectivity index (χ4v) is 3.64. The van der Waals surface area contributed by atoms with E-state index in [4.69, 9.17) is 5.11 Å². The van der Waals surface area contributed by atoms with Gasteiger partial charge in [0, 0.05) is 25.7 Å². The predicted octanol–water partition coefficient (Wildman–Crippen LogP) is 0.802. The zero-order chi connectivity index (χ0) is 14.6. The summed E-state index contributed by atoms with van der Waals surface area (Å²) in [4.78, 5) is 12.5. The molecular formula is C13H18N2O4S. The first-order valence-electron chi connectivity index (χ1n) is 6.48. The summed E-state index contributed by atoms with van der Waals surface area (Å²) in [6.45, 7) is 1.33. The van der Waals surface area contributed by atoms with E-state index in [1.165, 1.54) is 4.90 Å². The minimum absolute atomic E-state index is 0.0160. The summed E-state index contributed by atoms with van der Waals surface area (Å²) in [6, 6.07) is 8.20. The molecule has 1 atom stereocenters. The molecule has 1 aliphatic heterocycles. The molecule has 0 radical (unpaired) electrons. The lowest BCUT2D eigenvalue weighted by Crippen LogP contribution is -2.52. The summed E-state index contributed by atoms with van der Waals surface area (Å²) in [6.07, 6.45) is -0.552. The van der Waals surface area contributed by atoms with Crippen LogP contribution in [-0.4, -0.2) is 55.9 Å². The molecule has 0 aromatic heterocycles. The van der Waals surface area contributed by atoms with Crippen molar-refractivity contribution in [1.82, 2.24) is 10.2 Å². The Morgan fingerprint density at radius 1 is 1.35 bits per heavy atom. The second kappa shape index (κ2) is 6.23. The average molecular weight is 298 g/mol. The third-order valence-electron chi connectivity index (χ3n) is 3.36. The monoisotopic (exact) mass is 298 g/mol. The van der Waals surface area contributed by atoms with E-state index in [2.05, 4.69) is 5.32 Å². The molecule has 0 spiro atoms. The maximum atomic E-state index is 12.1. The van der Waals surface area contributed by atoms with E-state index in [9.17, 15) is 13.2 Å². The van der Waals surface area contributed by atoms with Crippen LogP contribution in [0.15, 0.2) is 35.2 Å². The highest BCUT2D eigenvalue weighted by atomic mass is 32.2. The Hall–Kier alpha value is -1.60. The molecule has 6 nitrogen and oxygen atoms in total. The van der Waals surface area contributed by atoms with Gasteiger partial charge in [-0.25, -0.2) is 13.2 Å². The van der Waals surface area contributed by atoms with Crippen LogP contribution in [0.4, 0.5) is 4.79 Å². The molecule has 20 heavy (non-hydrogen) atoms. The summed E-state index contributed by atoms with van der Waals surface area (Å²) in [5.41, 5.74) is 0. The standard InChI is InChI=1S/C13H18N2O4S/c16-13(17)15-8-7-14-11(10-15)6-9-20(18,19)12-4-2-1-3-5-12/h1-5,11,14H,6-10H2,(H,16,17)/t11-/m1/s1. The molecule has 2 N–H and O–H groups in total. The molecule has 1 heterocycles. The van der Waals surface area contributed by atoms with E-state index < -0.39 is 15.9 Å². The van der Waals surface area contributed by atoms with Crippen LogP contribution in [0.25, 0.3) is 0 Å². The summed E-state index contributed by atoms with van der Waals surface area (Å²) in [5, 5.41) is 12.1. The first kappa shape index (κ1) is 14.8. The number of nitrogens with one attached hydrogen (secondary N) is 1. The fraction of sp³-hybridized carbons (Fsp3) is 0.462. The minimum atomic E-state index is -3.30. The maximum absolute atomic E-state index is 12.1. The third kappa shape index (κ3) is 3.71. The van der Waals surface area contributed by atoms with E-state index in [-0.39, 0.29) is 11.8 Å². The van der Waals surface area contributed by atoms with Crippen molar-refractivity contribution in [2.45, 2.75) is 17.4 Å². The molecule has 2 rings (SSSR count). The number of sulfone groups is 1. The lowest BCUT2D eigenvalue weighted by molar-refractivity contribution is 0.128. The third-order valence-corrected chi connectivity index (χ3v) is 5.13. The van der Waals surface area contributed by atoms with Gasteiger partial charge in [-0.1, -0.05) is 18.2 Å². The van der Waals surface area contributed by atoms with Crippen LogP contribution < -0.4 is 5.32 Å². The first-order chi connectivity index (χ1) is 9.49. The number of hydrogen-bond acceptors (Lipinski definition) is 4. The highest BCUT2D eigenvalue weighted by Gasteiger charge is 2.24. The molecule has 0 bridgehead atoms. The van der Waals surface area contributed by atoms with Gasteiger partial charge in [0.05, 0.1) is 10.6 Å². The number of piperazine rings is 1. The average Bonchev–Trinajstić information content (AvgIpc) is 2.46. The Kier molecular flexibility index (Phi) is 4.61. The Bertz CT molecular complexity index is 559. The topological polar surface area (TPSA) is 86.7 Å². The van der Waals surface area contributed by atoms with Gasteiger partial charge >= 0.3 is 6.09 Å². The van der Waals surface area contributed by atoms with Gasteiger partial charge in [0.1, 0.15) is 0 Å². The molecule has 1 amide bonds. The van der Waals surface area contributed by atoms with Gasteiger partial charge in [-0.05, 0) is 18.6 Å². The van der Waals surface area contributed by atoms with Crippen LogP contribution >= 0.6 is 0 Å². The Balaban J connectivity index is 1.93. The van der Waals surface area contributed by atoms with Crippen molar-refractivity contribution in [2.75, 3.05) is 25.4 Å². The van der Waals surface area contributed by atoms with Crippen molar-refractivity contribution >= 4 is 15.9 Å². The highest BCUT2D eigenvalue weighted by Crippen LogP contribution is 2.13. The van der Waals surface area contributed by atoms with Gasteiger partial charge in [0.15, 0.2) is 9.84 Å². The molecule has 1 aromatic rings. The molecule has 0 saturated carbocycles. The van der Waals surface area contributed by atoms with Crippen molar-refractivity contribution < 1.29 is 18.3 Å². The lowest BCUT2D eigenvalue weighted by Gasteiger charge is -2.31. The number of carbonyl (C=O) groups is 1. The van der Waals surface area contributed by atoms with Gasteiger partial charge < -0.3 is 15.3 Å². The van der Waals surface area contributed by atoms with E-state index >= 15 is 0 Å². The first-order valence-corrected chi connectivity index (χ1v) is 8.13. The predicted molar refractivity (Wildman–Crippen MR) is 74.5 cm³/mol. The van der Waals surface area contributed by atoms with Gasteiger partial charge in [-0.15, -0.1) is 0 Å². The molecule has 0 unspecified atom stereocenters. The molecule has 0 aliphatic carbocycles. The van der Waals surface area contributed by atoms with Gasteiger partial charge in [-0.3, -0.25) is 0 Å². The normalized spacial score (nSPS) is 19.8. The van der Waals surface area contributed by atoms with Crippen LogP contribution in [0.5, 0.6) is 0 Å². The summed E-state index contributed by atoms with van der Waals surface area (Å²) < 4.78 is 24.3. The van der Waals surface area contributed by atoms with E-state index in [1.807, 2.05) is 0 Å². The van der Waals surface area contributed by atoms with Crippen molar-refractivity contribution in [3.63, 3.8) is 0 Å². The SMILES string of the molecule is O=C(O)N1CCN[C@H](CCS(=O)(=O)c2ccccc2)C1. The van der Waals surface area contributed by atoms with Crippen molar-refractivity contribution in [1.29, 1.82) is 0 Å². The van der Waals surface area contributed by atoms with Crippen LogP contribution in [0.3, 0.4) is 0 Å². The van der Waals surface area contributed by atoms with Crippen LogP contribution in [0.2, 0.25) is 0 Å². The smallest absolute Gasteiger partial charge is 0.407 e. The zero-order valence-electron chi connectivity index (χ0n) is 11.0. The number of carboxylic acid groups (broad SMARTS) is 1. The van der Waals surface area contributed by atoms with Crippen LogP contribution in [-0.2, 0) is 9.84 Å². The largest absolute Gasteiger partial charge is 0.465 e. The lowest BCUT2D eigenvalue weighted by atomic mass is 10.2. The Morgan fingerprint density at radius 2 is 2.05 bits per heavy atom. The van der Waals surface area contributed by atoms with E-state index in [1.54, 1.807) is 30.3 Å². The van der Waals surface area contributed by atoms with Crippen LogP contribution in [0, 0.1) is 0 Å². The Morgan fingerprint density at radius 3 is 2.70 bits per heavy atom. The van der Waals surface area contributed by atoms with Crippen molar-refractivity contribution in [3.05, 3.63) is 30.3 Å². The second-order valence-electron chi connectivity index (χ2n) is 4.80. The number of benzene rings is 1.